The van der Waals surface area contributed by atoms with Gasteiger partial charge in [-0.05, 0) is 38.0 Å². The summed E-state index contributed by atoms with van der Waals surface area (Å²) in [4.78, 5) is 14.3. The third kappa shape index (κ3) is 7.16. The highest BCUT2D eigenvalue weighted by atomic mass is 16.3. The van der Waals surface area contributed by atoms with Crippen molar-refractivity contribution in [2.75, 3.05) is 13.1 Å². The number of carbonyl (C=O) groups excluding carboxylic acids is 1. The zero-order valence-electron chi connectivity index (χ0n) is 13.7. The van der Waals surface area contributed by atoms with Crippen molar-refractivity contribution < 1.29 is 9.21 Å². The lowest BCUT2D eigenvalue weighted by Crippen LogP contribution is -2.31. The third-order valence-electron chi connectivity index (χ3n) is 3.53. The van der Waals surface area contributed by atoms with Gasteiger partial charge in [-0.1, -0.05) is 39.5 Å². The molecular formula is C18H29NO2. The van der Waals surface area contributed by atoms with Crippen LogP contribution in [0.4, 0.5) is 0 Å². The molecule has 1 aromatic rings. The minimum Gasteiger partial charge on any atom is -0.462 e. The first-order chi connectivity index (χ1) is 10.2. The van der Waals surface area contributed by atoms with Crippen LogP contribution in [-0.2, 0) is 4.79 Å². The normalized spacial score (nSPS) is 11.2. The molecule has 0 aliphatic rings. The molecule has 0 N–H and O–H groups in total. The molecular weight excluding hydrogens is 262 g/mol. The van der Waals surface area contributed by atoms with Crippen molar-refractivity contribution >= 4 is 12.0 Å². The van der Waals surface area contributed by atoms with E-state index in [0.717, 1.165) is 37.5 Å². The minimum atomic E-state index is 0.0938. The molecule has 0 bridgehead atoms. The summed E-state index contributed by atoms with van der Waals surface area (Å²) in [5.74, 6) is 1.70. The van der Waals surface area contributed by atoms with Gasteiger partial charge in [0.15, 0.2) is 0 Å². The number of amides is 1. The van der Waals surface area contributed by atoms with Gasteiger partial charge in [0, 0.05) is 19.2 Å². The van der Waals surface area contributed by atoms with Crippen molar-refractivity contribution in [3.8, 4) is 0 Å². The van der Waals surface area contributed by atoms with E-state index in [1.165, 1.54) is 25.7 Å². The lowest BCUT2D eigenvalue weighted by molar-refractivity contribution is -0.126. The fourth-order valence-corrected chi connectivity index (χ4v) is 2.24. The first-order valence-corrected chi connectivity index (χ1v) is 8.20. The first-order valence-electron chi connectivity index (χ1n) is 8.20. The molecule has 1 amide bonds. The van der Waals surface area contributed by atoms with Crippen LogP contribution in [0.3, 0.4) is 0 Å². The summed E-state index contributed by atoms with van der Waals surface area (Å²) in [6.45, 7) is 7.99. The number of rotatable bonds is 10. The Bertz CT molecular complexity index is 424. The summed E-state index contributed by atoms with van der Waals surface area (Å²) in [5.41, 5.74) is 0. The van der Waals surface area contributed by atoms with Gasteiger partial charge in [-0.3, -0.25) is 4.79 Å². The summed E-state index contributed by atoms with van der Waals surface area (Å²) >= 11 is 0. The number of aryl methyl sites for hydroxylation is 1. The Balaban J connectivity index is 2.53. The van der Waals surface area contributed by atoms with E-state index in [0.29, 0.717) is 0 Å². The van der Waals surface area contributed by atoms with Gasteiger partial charge in [0.05, 0.1) is 0 Å². The fourth-order valence-electron chi connectivity index (χ4n) is 2.24. The van der Waals surface area contributed by atoms with Gasteiger partial charge in [-0.15, -0.1) is 0 Å². The highest BCUT2D eigenvalue weighted by molar-refractivity contribution is 5.91. The minimum absolute atomic E-state index is 0.0938. The molecule has 1 rings (SSSR count). The Labute approximate surface area is 129 Å². The Morgan fingerprint density at radius 3 is 2.19 bits per heavy atom. The number of furan rings is 1. The molecule has 3 nitrogen and oxygen atoms in total. The van der Waals surface area contributed by atoms with Gasteiger partial charge >= 0.3 is 0 Å². The van der Waals surface area contributed by atoms with Crippen LogP contribution in [0.5, 0.6) is 0 Å². The van der Waals surface area contributed by atoms with Crippen LogP contribution >= 0.6 is 0 Å². The molecule has 1 heterocycles. The smallest absolute Gasteiger partial charge is 0.246 e. The predicted molar refractivity (Wildman–Crippen MR) is 88.1 cm³/mol. The van der Waals surface area contributed by atoms with E-state index >= 15 is 0 Å². The summed E-state index contributed by atoms with van der Waals surface area (Å²) in [7, 11) is 0. The number of unbranched alkanes of at least 4 members (excludes halogenated alkanes) is 4. The van der Waals surface area contributed by atoms with Gasteiger partial charge < -0.3 is 9.32 Å². The van der Waals surface area contributed by atoms with Crippen LogP contribution in [-0.4, -0.2) is 23.9 Å². The number of carbonyl (C=O) groups is 1. The Morgan fingerprint density at radius 1 is 1.10 bits per heavy atom. The second-order valence-electron chi connectivity index (χ2n) is 5.52. The zero-order chi connectivity index (χ0) is 15.5. The molecule has 3 heteroatoms. The van der Waals surface area contributed by atoms with Gasteiger partial charge in [0.1, 0.15) is 11.5 Å². The zero-order valence-corrected chi connectivity index (χ0v) is 13.7. The Kier molecular flexibility index (Phi) is 8.56. The fraction of sp³-hybridized carbons (Fsp3) is 0.611. The largest absolute Gasteiger partial charge is 0.462 e. The maximum absolute atomic E-state index is 12.3. The van der Waals surface area contributed by atoms with E-state index in [1.54, 1.807) is 12.2 Å². The maximum Gasteiger partial charge on any atom is 0.246 e. The molecule has 0 unspecified atom stereocenters. The van der Waals surface area contributed by atoms with Gasteiger partial charge in [0.25, 0.3) is 0 Å². The summed E-state index contributed by atoms with van der Waals surface area (Å²) < 4.78 is 5.45. The maximum atomic E-state index is 12.3. The molecule has 0 radical (unpaired) electrons. The van der Waals surface area contributed by atoms with E-state index in [2.05, 4.69) is 13.8 Å². The number of hydrogen-bond donors (Lipinski definition) is 0. The third-order valence-corrected chi connectivity index (χ3v) is 3.53. The van der Waals surface area contributed by atoms with Crippen LogP contribution in [0.2, 0.25) is 0 Å². The average molecular weight is 291 g/mol. The molecule has 0 aliphatic heterocycles. The van der Waals surface area contributed by atoms with E-state index in [9.17, 15) is 4.79 Å². The van der Waals surface area contributed by atoms with Crippen molar-refractivity contribution in [1.29, 1.82) is 0 Å². The topological polar surface area (TPSA) is 33.5 Å². The second-order valence-corrected chi connectivity index (χ2v) is 5.52. The summed E-state index contributed by atoms with van der Waals surface area (Å²) in [6.07, 6.45) is 10.3. The van der Waals surface area contributed by atoms with E-state index in [4.69, 9.17) is 4.42 Å². The highest BCUT2D eigenvalue weighted by Gasteiger charge is 2.09. The number of nitrogens with zero attached hydrogens (tertiary/aromatic N) is 1. The quantitative estimate of drug-likeness (QED) is 0.458. The molecule has 0 aromatic carbocycles. The van der Waals surface area contributed by atoms with Gasteiger partial charge in [-0.25, -0.2) is 0 Å². The van der Waals surface area contributed by atoms with Crippen LogP contribution in [0.15, 0.2) is 22.6 Å². The highest BCUT2D eigenvalue weighted by Crippen LogP contribution is 2.09. The predicted octanol–water partition coefficient (Wildman–Crippen LogP) is 4.81. The second kappa shape index (κ2) is 10.3. The summed E-state index contributed by atoms with van der Waals surface area (Å²) in [6, 6.07) is 3.79. The average Bonchev–Trinajstić information content (AvgIpc) is 2.89. The Morgan fingerprint density at radius 2 is 1.71 bits per heavy atom. The van der Waals surface area contributed by atoms with Crippen LogP contribution < -0.4 is 0 Å². The lowest BCUT2D eigenvalue weighted by atomic mass is 10.2. The summed E-state index contributed by atoms with van der Waals surface area (Å²) in [5, 5.41) is 0. The van der Waals surface area contributed by atoms with E-state index in [1.807, 2.05) is 24.0 Å². The molecule has 21 heavy (non-hydrogen) atoms. The van der Waals surface area contributed by atoms with Crippen molar-refractivity contribution in [2.45, 2.75) is 59.3 Å². The molecule has 0 fully saturated rings. The van der Waals surface area contributed by atoms with Crippen LogP contribution in [0.1, 0.15) is 63.9 Å². The van der Waals surface area contributed by atoms with Gasteiger partial charge in [0.2, 0.25) is 5.91 Å². The molecule has 0 saturated carbocycles. The van der Waals surface area contributed by atoms with Crippen LogP contribution in [0, 0.1) is 6.92 Å². The standard InChI is InChI=1S/C18H29NO2/c1-4-6-8-14-19(15-9-7-5-2)18(20)13-12-17-11-10-16(3)21-17/h10-13H,4-9,14-15H2,1-3H3. The van der Waals surface area contributed by atoms with Crippen molar-refractivity contribution in [2.24, 2.45) is 0 Å². The van der Waals surface area contributed by atoms with E-state index in [-0.39, 0.29) is 5.91 Å². The molecule has 1 aromatic heterocycles. The monoisotopic (exact) mass is 291 g/mol. The molecule has 0 aliphatic carbocycles. The molecule has 0 saturated heterocycles. The SMILES string of the molecule is CCCCCN(CCCCC)C(=O)C=Cc1ccc(C)o1. The molecule has 0 atom stereocenters. The Hall–Kier alpha value is -1.51. The number of hydrogen-bond acceptors (Lipinski definition) is 2. The van der Waals surface area contributed by atoms with Crippen molar-refractivity contribution in [3.63, 3.8) is 0 Å². The lowest BCUT2D eigenvalue weighted by Gasteiger charge is -2.21. The first kappa shape index (κ1) is 17.5. The van der Waals surface area contributed by atoms with Crippen LogP contribution in [0.25, 0.3) is 6.08 Å². The van der Waals surface area contributed by atoms with Crippen molar-refractivity contribution in [3.05, 3.63) is 29.7 Å². The van der Waals surface area contributed by atoms with Crippen molar-refractivity contribution in [1.82, 2.24) is 4.90 Å². The van der Waals surface area contributed by atoms with Gasteiger partial charge in [-0.2, -0.15) is 0 Å². The van der Waals surface area contributed by atoms with E-state index < -0.39 is 0 Å². The molecule has 0 spiro atoms. The molecule has 118 valence electrons.